The van der Waals surface area contributed by atoms with Gasteiger partial charge >= 0.3 is 0 Å². The molecule has 1 aromatic heterocycles. The standard InChI is InChI=1S/C28H34FN3O3/c1-25-8-10-27(29)13-19-23(33)24(34)21(32(2)3)14-26(19)9-11-28(27,35-26)22(25)7-5-18(25)16-4-6-20-17(12-16)15-30-31-20/h4-6,12-13,15,21-24,33-34H,7-11,14H2,1-3H3,(H,30,31)/t21-,22?,23+,24+,25+,26+,27?,28-/m0/s1. The van der Waals surface area contributed by atoms with Crippen LogP contribution in [-0.2, 0) is 4.74 Å². The molecule has 2 aliphatic heterocycles. The van der Waals surface area contributed by atoms with Gasteiger partial charge in [-0.1, -0.05) is 19.1 Å². The number of H-pyrrole nitrogens is 1. The van der Waals surface area contributed by atoms with Crippen molar-refractivity contribution in [3.8, 4) is 0 Å². The summed E-state index contributed by atoms with van der Waals surface area (Å²) in [6, 6.07) is 6.16. The Morgan fingerprint density at radius 1 is 1.17 bits per heavy atom. The van der Waals surface area contributed by atoms with Crippen molar-refractivity contribution in [3.05, 3.63) is 47.7 Å². The number of aliphatic hydroxyl groups excluding tert-OH is 2. The monoisotopic (exact) mass is 479 g/mol. The van der Waals surface area contributed by atoms with Gasteiger partial charge in [0.1, 0.15) is 11.7 Å². The fourth-order valence-corrected chi connectivity index (χ4v) is 8.54. The molecule has 1 saturated heterocycles. The number of ether oxygens (including phenoxy) is 1. The zero-order chi connectivity index (χ0) is 24.4. The highest BCUT2D eigenvalue weighted by Gasteiger charge is 2.74. The van der Waals surface area contributed by atoms with E-state index in [-0.39, 0.29) is 17.4 Å². The number of benzene rings is 1. The molecule has 3 fully saturated rings. The van der Waals surface area contributed by atoms with Gasteiger partial charge in [0.2, 0.25) is 0 Å². The van der Waals surface area contributed by atoms with E-state index in [1.807, 2.05) is 25.2 Å². The molecular weight excluding hydrogens is 445 g/mol. The number of aliphatic hydroxyl groups is 2. The Morgan fingerprint density at radius 2 is 2.00 bits per heavy atom. The van der Waals surface area contributed by atoms with Crippen LogP contribution in [0.3, 0.4) is 0 Å². The summed E-state index contributed by atoms with van der Waals surface area (Å²) >= 11 is 0. The zero-order valence-electron chi connectivity index (χ0n) is 20.6. The van der Waals surface area contributed by atoms with Crippen LogP contribution in [0.25, 0.3) is 16.5 Å². The molecule has 0 amide bonds. The second-order valence-electron chi connectivity index (χ2n) is 12.1. The number of likely N-dealkylation sites (N-methyl/N-ethyl adjacent to an activating group) is 1. The van der Waals surface area contributed by atoms with Crippen molar-refractivity contribution in [3.63, 3.8) is 0 Å². The molecule has 5 aliphatic rings. The van der Waals surface area contributed by atoms with Gasteiger partial charge < -0.3 is 19.8 Å². The number of nitrogens with one attached hydrogen (secondary N) is 1. The first-order valence-electron chi connectivity index (χ1n) is 12.9. The van der Waals surface area contributed by atoms with Gasteiger partial charge in [0.05, 0.1) is 23.4 Å². The van der Waals surface area contributed by atoms with Crippen molar-refractivity contribution >= 4 is 16.5 Å². The highest BCUT2D eigenvalue weighted by molar-refractivity contribution is 5.85. The van der Waals surface area contributed by atoms with Gasteiger partial charge in [-0.05, 0) is 93.0 Å². The maximum Gasteiger partial charge on any atom is 0.158 e. The van der Waals surface area contributed by atoms with Crippen LogP contribution in [0.1, 0.15) is 51.0 Å². The predicted octanol–water partition coefficient (Wildman–Crippen LogP) is 3.76. The normalized spacial score (nSPS) is 46.3. The van der Waals surface area contributed by atoms with Crippen molar-refractivity contribution in [1.29, 1.82) is 0 Å². The van der Waals surface area contributed by atoms with Crippen LogP contribution in [0.5, 0.6) is 0 Å². The van der Waals surface area contributed by atoms with Crippen LogP contribution >= 0.6 is 0 Å². The van der Waals surface area contributed by atoms with Crippen LogP contribution in [0.2, 0.25) is 0 Å². The third-order valence-corrected chi connectivity index (χ3v) is 10.4. The minimum Gasteiger partial charge on any atom is -0.388 e. The maximum absolute atomic E-state index is 17.1. The summed E-state index contributed by atoms with van der Waals surface area (Å²) in [6.45, 7) is 2.29. The molecule has 7 rings (SSSR count). The number of rotatable bonds is 2. The van der Waals surface area contributed by atoms with Crippen LogP contribution in [0, 0.1) is 11.3 Å². The summed E-state index contributed by atoms with van der Waals surface area (Å²) in [4.78, 5) is 1.96. The molecule has 7 heteroatoms. The highest BCUT2D eigenvalue weighted by atomic mass is 19.1. The van der Waals surface area contributed by atoms with E-state index in [4.69, 9.17) is 4.74 Å². The van der Waals surface area contributed by atoms with Gasteiger partial charge in [-0.15, -0.1) is 0 Å². The largest absolute Gasteiger partial charge is 0.388 e. The summed E-state index contributed by atoms with van der Waals surface area (Å²) in [6.07, 6.45) is 7.53. The molecule has 186 valence electrons. The Morgan fingerprint density at radius 3 is 2.80 bits per heavy atom. The van der Waals surface area contributed by atoms with Gasteiger partial charge in [-0.3, -0.25) is 5.10 Å². The van der Waals surface area contributed by atoms with Crippen molar-refractivity contribution in [2.45, 2.75) is 80.6 Å². The van der Waals surface area contributed by atoms with Gasteiger partial charge in [-0.2, -0.15) is 5.10 Å². The van der Waals surface area contributed by atoms with Crippen LogP contribution in [0.4, 0.5) is 4.39 Å². The molecule has 2 unspecified atom stereocenters. The highest BCUT2D eigenvalue weighted by Crippen LogP contribution is 2.71. The molecule has 3 heterocycles. The molecule has 35 heavy (non-hydrogen) atoms. The van der Waals surface area contributed by atoms with E-state index in [1.54, 1.807) is 6.08 Å². The third kappa shape index (κ3) is 2.60. The molecule has 2 spiro atoms. The second-order valence-corrected chi connectivity index (χ2v) is 12.1. The van der Waals surface area contributed by atoms with E-state index in [1.165, 1.54) is 11.1 Å². The lowest BCUT2D eigenvalue weighted by Crippen LogP contribution is -2.68. The first-order chi connectivity index (χ1) is 16.6. The Bertz CT molecular complexity index is 1290. The molecule has 2 saturated carbocycles. The summed E-state index contributed by atoms with van der Waals surface area (Å²) in [7, 11) is 3.83. The Hall–Kier alpha value is -2.06. The van der Waals surface area contributed by atoms with Crippen LogP contribution < -0.4 is 0 Å². The Labute approximate surface area is 204 Å². The van der Waals surface area contributed by atoms with Crippen molar-refractivity contribution < 1.29 is 19.3 Å². The van der Waals surface area contributed by atoms with E-state index in [0.29, 0.717) is 37.7 Å². The number of alkyl halides is 1. The van der Waals surface area contributed by atoms with Crippen molar-refractivity contribution in [1.82, 2.24) is 15.1 Å². The summed E-state index contributed by atoms with van der Waals surface area (Å²) in [5.41, 5.74) is 0.577. The molecule has 2 aromatic rings. The van der Waals surface area contributed by atoms with Crippen LogP contribution in [0.15, 0.2) is 42.1 Å². The average Bonchev–Trinajstić information content (AvgIpc) is 3.52. The molecule has 3 aliphatic carbocycles. The van der Waals surface area contributed by atoms with E-state index in [9.17, 15) is 10.2 Å². The SMILES string of the molecule is CN(C)[C@H]1C[C@@]23CC[C@]4(O2)C2CC=C(c5ccc6[nH]ncc6c5)[C@@]2(C)CCC4(F)C=C3[C@@H](O)[C@@H]1O. The number of aromatic amines is 1. The first kappa shape index (κ1) is 22.2. The molecule has 1 aromatic carbocycles. The fourth-order valence-electron chi connectivity index (χ4n) is 8.54. The lowest BCUT2D eigenvalue weighted by Gasteiger charge is -2.60. The summed E-state index contributed by atoms with van der Waals surface area (Å²) in [5, 5.41) is 30.2. The summed E-state index contributed by atoms with van der Waals surface area (Å²) in [5.74, 6) is 0.0165. The number of nitrogens with zero attached hydrogens (tertiary/aromatic N) is 2. The fraction of sp³-hybridized carbons (Fsp3) is 0.607. The van der Waals surface area contributed by atoms with Crippen molar-refractivity contribution in [2.24, 2.45) is 11.3 Å². The lowest BCUT2D eigenvalue weighted by atomic mass is 9.53. The van der Waals surface area contributed by atoms with E-state index in [2.05, 4.69) is 41.4 Å². The molecule has 3 N–H and O–H groups in total. The van der Waals surface area contributed by atoms with Crippen molar-refractivity contribution in [2.75, 3.05) is 14.1 Å². The minimum absolute atomic E-state index is 0.0165. The molecule has 2 bridgehead atoms. The van der Waals surface area contributed by atoms with E-state index < -0.39 is 29.1 Å². The predicted molar refractivity (Wildman–Crippen MR) is 131 cm³/mol. The van der Waals surface area contributed by atoms with E-state index in [0.717, 1.165) is 17.3 Å². The zero-order valence-corrected chi connectivity index (χ0v) is 20.6. The lowest BCUT2D eigenvalue weighted by molar-refractivity contribution is -0.239. The smallest absolute Gasteiger partial charge is 0.158 e. The van der Waals surface area contributed by atoms with Gasteiger partial charge in [-0.25, -0.2) is 4.39 Å². The molecular formula is C28H34FN3O3. The number of hydrogen-bond acceptors (Lipinski definition) is 5. The van der Waals surface area contributed by atoms with Gasteiger partial charge in [0.15, 0.2) is 5.67 Å². The quantitative estimate of drug-likeness (QED) is 0.572. The summed E-state index contributed by atoms with van der Waals surface area (Å²) < 4.78 is 24.1. The number of hydrogen-bond donors (Lipinski definition) is 3. The Balaban J connectivity index is 1.31. The number of fused-ring (bicyclic) bond motifs is 2. The minimum atomic E-state index is -1.64. The number of aromatic nitrogens is 2. The molecule has 6 nitrogen and oxygen atoms in total. The topological polar surface area (TPSA) is 81.6 Å². The average molecular weight is 480 g/mol. The van der Waals surface area contributed by atoms with E-state index >= 15 is 4.39 Å². The second kappa shape index (κ2) is 6.82. The van der Waals surface area contributed by atoms with Gasteiger partial charge in [0, 0.05) is 17.3 Å². The first-order valence-corrected chi connectivity index (χ1v) is 12.9. The number of allylic oxidation sites excluding steroid dienone is 2. The molecule has 0 radical (unpaired) electrons. The van der Waals surface area contributed by atoms with Crippen LogP contribution in [-0.4, -0.2) is 74.5 Å². The third-order valence-electron chi connectivity index (χ3n) is 10.4. The maximum atomic E-state index is 17.1. The van der Waals surface area contributed by atoms with Gasteiger partial charge in [0.25, 0.3) is 0 Å². The Kier molecular flexibility index (Phi) is 4.32. The number of halogens is 1. The molecule has 8 atom stereocenters.